The van der Waals surface area contributed by atoms with Crippen molar-refractivity contribution in [1.29, 1.82) is 0 Å². The zero-order chi connectivity index (χ0) is 18.3. The van der Waals surface area contributed by atoms with E-state index in [2.05, 4.69) is 48.0 Å². The Morgan fingerprint density at radius 3 is 2.65 bits per heavy atom. The average Bonchev–Trinajstić information content (AvgIpc) is 3.13. The van der Waals surface area contributed by atoms with Gasteiger partial charge < -0.3 is 4.74 Å². The smallest absolute Gasteiger partial charge is 0.131 e. The SMILES string of the molecule is COc1ccc(CN2C[C@@H]3CN(C)[C@H](c4ccccc4C)[C@@H]3C2)c(F)c1. The Balaban J connectivity index is 1.50. The molecule has 2 fully saturated rings. The highest BCUT2D eigenvalue weighted by molar-refractivity contribution is 5.32. The van der Waals surface area contributed by atoms with Crippen LogP contribution in [0.25, 0.3) is 0 Å². The van der Waals surface area contributed by atoms with Gasteiger partial charge in [0.2, 0.25) is 0 Å². The molecule has 138 valence electrons. The maximum Gasteiger partial charge on any atom is 0.131 e. The van der Waals surface area contributed by atoms with Gasteiger partial charge >= 0.3 is 0 Å². The van der Waals surface area contributed by atoms with E-state index in [0.717, 1.165) is 25.2 Å². The van der Waals surface area contributed by atoms with Gasteiger partial charge in [-0.25, -0.2) is 4.39 Å². The summed E-state index contributed by atoms with van der Waals surface area (Å²) in [6.45, 7) is 6.07. The predicted octanol–water partition coefficient (Wildman–Crippen LogP) is 3.88. The topological polar surface area (TPSA) is 15.7 Å². The van der Waals surface area contributed by atoms with Crippen LogP contribution in [0.15, 0.2) is 42.5 Å². The minimum absolute atomic E-state index is 0.172. The van der Waals surface area contributed by atoms with Gasteiger partial charge in [-0.3, -0.25) is 9.80 Å². The lowest BCUT2D eigenvalue weighted by atomic mass is 9.88. The van der Waals surface area contributed by atoms with E-state index in [9.17, 15) is 4.39 Å². The minimum Gasteiger partial charge on any atom is -0.497 e. The predicted molar refractivity (Wildman–Crippen MR) is 102 cm³/mol. The molecule has 0 unspecified atom stereocenters. The largest absolute Gasteiger partial charge is 0.497 e. The summed E-state index contributed by atoms with van der Waals surface area (Å²) in [4.78, 5) is 4.92. The number of halogens is 1. The number of fused-ring (bicyclic) bond motifs is 1. The molecule has 2 aliphatic heterocycles. The van der Waals surface area contributed by atoms with Crippen LogP contribution in [0.2, 0.25) is 0 Å². The first-order chi connectivity index (χ1) is 12.6. The molecule has 0 spiro atoms. The first kappa shape index (κ1) is 17.5. The Kier molecular flexibility index (Phi) is 4.72. The number of aryl methyl sites for hydroxylation is 1. The van der Waals surface area contributed by atoms with E-state index in [1.54, 1.807) is 7.11 Å². The Hall–Kier alpha value is -1.91. The Morgan fingerprint density at radius 2 is 1.92 bits per heavy atom. The second-order valence-electron chi connectivity index (χ2n) is 7.82. The van der Waals surface area contributed by atoms with Crippen LogP contribution >= 0.6 is 0 Å². The highest BCUT2D eigenvalue weighted by atomic mass is 19.1. The van der Waals surface area contributed by atoms with Gasteiger partial charge in [0, 0.05) is 43.9 Å². The van der Waals surface area contributed by atoms with E-state index in [4.69, 9.17) is 4.74 Å². The highest BCUT2D eigenvalue weighted by Gasteiger charge is 2.46. The van der Waals surface area contributed by atoms with E-state index in [0.29, 0.717) is 30.2 Å². The summed E-state index contributed by atoms with van der Waals surface area (Å²) in [5.41, 5.74) is 3.57. The molecule has 0 aromatic heterocycles. The summed E-state index contributed by atoms with van der Waals surface area (Å²) in [5.74, 6) is 1.67. The third-order valence-electron chi connectivity index (χ3n) is 6.13. The molecule has 0 bridgehead atoms. The fourth-order valence-corrected chi connectivity index (χ4v) is 4.89. The zero-order valence-electron chi connectivity index (χ0n) is 15.8. The molecule has 2 aliphatic rings. The third-order valence-corrected chi connectivity index (χ3v) is 6.13. The lowest BCUT2D eigenvalue weighted by molar-refractivity contribution is 0.222. The molecule has 3 nitrogen and oxygen atoms in total. The maximum atomic E-state index is 14.3. The number of rotatable bonds is 4. The summed E-state index contributed by atoms with van der Waals surface area (Å²) in [5, 5.41) is 0. The van der Waals surface area contributed by atoms with Gasteiger partial charge in [0.05, 0.1) is 7.11 Å². The van der Waals surface area contributed by atoms with Gasteiger partial charge in [-0.1, -0.05) is 30.3 Å². The molecule has 0 N–H and O–H groups in total. The summed E-state index contributed by atoms with van der Waals surface area (Å²) in [7, 11) is 3.81. The second-order valence-corrected chi connectivity index (χ2v) is 7.82. The van der Waals surface area contributed by atoms with Crippen molar-refractivity contribution in [2.45, 2.75) is 19.5 Å². The number of benzene rings is 2. The van der Waals surface area contributed by atoms with Crippen LogP contribution in [0.4, 0.5) is 4.39 Å². The van der Waals surface area contributed by atoms with Crippen LogP contribution in [0, 0.1) is 24.6 Å². The van der Waals surface area contributed by atoms with Gasteiger partial charge in [-0.05, 0) is 43.0 Å². The van der Waals surface area contributed by atoms with Crippen LogP contribution in [0.3, 0.4) is 0 Å². The van der Waals surface area contributed by atoms with E-state index < -0.39 is 0 Å². The molecule has 3 atom stereocenters. The van der Waals surface area contributed by atoms with Crippen molar-refractivity contribution in [1.82, 2.24) is 9.80 Å². The fourth-order valence-electron chi connectivity index (χ4n) is 4.89. The molecular formula is C22H27FN2O. The third kappa shape index (κ3) is 3.12. The normalized spacial score (nSPS) is 26.2. The maximum absolute atomic E-state index is 14.3. The number of methoxy groups -OCH3 is 1. The van der Waals surface area contributed by atoms with Gasteiger partial charge in [0.1, 0.15) is 11.6 Å². The lowest BCUT2D eigenvalue weighted by Gasteiger charge is -2.28. The van der Waals surface area contributed by atoms with Crippen LogP contribution in [-0.4, -0.2) is 43.6 Å². The fraction of sp³-hybridized carbons (Fsp3) is 0.455. The lowest BCUT2D eigenvalue weighted by Crippen LogP contribution is -2.29. The minimum atomic E-state index is -0.172. The van der Waals surface area contributed by atoms with Crippen LogP contribution in [-0.2, 0) is 6.54 Å². The number of hydrogen-bond acceptors (Lipinski definition) is 3. The molecule has 26 heavy (non-hydrogen) atoms. The molecule has 2 aromatic carbocycles. The van der Waals surface area contributed by atoms with Gasteiger partial charge in [0.15, 0.2) is 0 Å². The Morgan fingerprint density at radius 1 is 1.12 bits per heavy atom. The summed E-state index contributed by atoms with van der Waals surface area (Å²) >= 11 is 0. The number of hydrogen-bond donors (Lipinski definition) is 0. The Bertz CT molecular complexity index is 793. The average molecular weight is 354 g/mol. The van der Waals surface area contributed by atoms with Crippen molar-refractivity contribution < 1.29 is 9.13 Å². The quantitative estimate of drug-likeness (QED) is 0.829. The molecular weight excluding hydrogens is 327 g/mol. The molecule has 0 saturated carbocycles. The zero-order valence-corrected chi connectivity index (χ0v) is 15.8. The van der Waals surface area contributed by atoms with E-state index >= 15 is 0 Å². The Labute approximate surface area is 155 Å². The second kappa shape index (κ2) is 7.01. The van der Waals surface area contributed by atoms with Gasteiger partial charge in [-0.15, -0.1) is 0 Å². The monoisotopic (exact) mass is 354 g/mol. The van der Waals surface area contributed by atoms with Crippen molar-refractivity contribution in [2.75, 3.05) is 33.8 Å². The van der Waals surface area contributed by atoms with Crippen molar-refractivity contribution in [3.63, 3.8) is 0 Å². The standard InChI is InChI=1S/C22H27FN2O/c1-15-6-4-5-7-19(15)22-20-14-25(13-17(20)11-24(22)2)12-16-8-9-18(26-3)10-21(16)23/h4-10,17,20,22H,11-14H2,1-3H3/t17-,20+,22+/m0/s1. The summed E-state index contributed by atoms with van der Waals surface area (Å²) in [6.07, 6.45) is 0. The van der Waals surface area contributed by atoms with Crippen molar-refractivity contribution in [3.8, 4) is 5.75 Å². The first-order valence-electron chi connectivity index (χ1n) is 9.37. The molecule has 0 aliphatic carbocycles. The van der Waals surface area contributed by atoms with Crippen molar-refractivity contribution in [3.05, 3.63) is 65.0 Å². The van der Waals surface area contributed by atoms with Crippen molar-refractivity contribution >= 4 is 0 Å². The van der Waals surface area contributed by atoms with Gasteiger partial charge in [0.25, 0.3) is 0 Å². The van der Waals surface area contributed by atoms with E-state index in [-0.39, 0.29) is 5.82 Å². The molecule has 4 heteroatoms. The molecule has 0 radical (unpaired) electrons. The van der Waals surface area contributed by atoms with Crippen molar-refractivity contribution in [2.24, 2.45) is 11.8 Å². The summed E-state index contributed by atoms with van der Waals surface area (Å²) in [6, 6.07) is 14.4. The van der Waals surface area contributed by atoms with E-state index in [1.165, 1.54) is 17.2 Å². The van der Waals surface area contributed by atoms with Crippen LogP contribution in [0.5, 0.6) is 5.75 Å². The van der Waals surface area contributed by atoms with E-state index in [1.807, 2.05) is 12.1 Å². The number of nitrogens with zero attached hydrogens (tertiary/aromatic N) is 2. The van der Waals surface area contributed by atoms with Crippen LogP contribution < -0.4 is 4.74 Å². The molecule has 0 amide bonds. The number of ether oxygens (including phenoxy) is 1. The van der Waals surface area contributed by atoms with Crippen LogP contribution in [0.1, 0.15) is 22.7 Å². The molecule has 2 saturated heterocycles. The van der Waals surface area contributed by atoms with Gasteiger partial charge in [-0.2, -0.15) is 0 Å². The highest BCUT2D eigenvalue weighted by Crippen LogP contribution is 2.45. The molecule has 2 heterocycles. The molecule has 4 rings (SSSR count). The number of likely N-dealkylation sites (tertiary alicyclic amines) is 2. The first-order valence-corrected chi connectivity index (χ1v) is 9.37. The molecule has 2 aromatic rings. The summed E-state index contributed by atoms with van der Waals surface area (Å²) < 4.78 is 19.4.